The van der Waals surface area contributed by atoms with Crippen molar-refractivity contribution in [2.45, 2.75) is 50.7 Å². The van der Waals surface area contributed by atoms with Gasteiger partial charge in [-0.2, -0.15) is 0 Å². The van der Waals surface area contributed by atoms with Gasteiger partial charge in [-0.05, 0) is 31.6 Å². The van der Waals surface area contributed by atoms with Gasteiger partial charge in [-0.3, -0.25) is 0 Å². The Morgan fingerprint density at radius 2 is 2.00 bits per heavy atom. The molecule has 0 amide bonds. The molecule has 2 atom stereocenters. The lowest BCUT2D eigenvalue weighted by Crippen LogP contribution is -2.17. The average Bonchev–Trinajstić information content (AvgIpc) is 2.76. The van der Waals surface area contributed by atoms with Crippen molar-refractivity contribution < 1.29 is 4.74 Å². The first-order valence-electron chi connectivity index (χ1n) is 5.22. The molecule has 2 unspecified atom stereocenters. The quantitative estimate of drug-likeness (QED) is 0.695. The number of hydrogen-bond donors (Lipinski definition) is 1. The van der Waals surface area contributed by atoms with Crippen molar-refractivity contribution in [1.82, 2.24) is 0 Å². The highest BCUT2D eigenvalue weighted by Gasteiger charge is 2.24. The molecular weight excluding hydrogens is 150 g/mol. The van der Waals surface area contributed by atoms with E-state index in [1.807, 2.05) is 0 Å². The Hall–Kier alpha value is -0.0800. The molecule has 2 aliphatic rings. The molecule has 2 aliphatic carbocycles. The van der Waals surface area contributed by atoms with Crippen molar-refractivity contribution in [2.24, 2.45) is 11.7 Å². The Morgan fingerprint density at radius 1 is 1.17 bits per heavy atom. The van der Waals surface area contributed by atoms with Crippen molar-refractivity contribution in [3.05, 3.63) is 0 Å². The van der Waals surface area contributed by atoms with Crippen LogP contribution in [0, 0.1) is 5.92 Å². The molecular formula is C10H19NO. The van der Waals surface area contributed by atoms with Crippen LogP contribution < -0.4 is 5.73 Å². The van der Waals surface area contributed by atoms with Gasteiger partial charge in [-0.25, -0.2) is 0 Å². The van der Waals surface area contributed by atoms with E-state index in [2.05, 4.69) is 0 Å². The van der Waals surface area contributed by atoms with E-state index < -0.39 is 0 Å². The lowest BCUT2D eigenvalue weighted by atomic mass is 10.2. The molecule has 0 spiro atoms. The predicted molar refractivity (Wildman–Crippen MR) is 48.9 cm³/mol. The van der Waals surface area contributed by atoms with E-state index in [1.54, 1.807) is 0 Å². The normalized spacial score (nSPS) is 35.8. The van der Waals surface area contributed by atoms with Gasteiger partial charge in [0.1, 0.15) is 0 Å². The molecule has 2 saturated carbocycles. The lowest BCUT2D eigenvalue weighted by Gasteiger charge is -2.10. The van der Waals surface area contributed by atoms with Crippen LogP contribution in [-0.4, -0.2) is 18.8 Å². The van der Waals surface area contributed by atoms with Crippen molar-refractivity contribution in [2.75, 3.05) is 6.61 Å². The smallest absolute Gasteiger partial charge is 0.0590 e. The fourth-order valence-corrected chi connectivity index (χ4v) is 1.93. The van der Waals surface area contributed by atoms with Crippen LogP contribution in [0.4, 0.5) is 0 Å². The predicted octanol–water partition coefficient (Wildman–Crippen LogP) is 1.68. The van der Waals surface area contributed by atoms with E-state index in [-0.39, 0.29) is 0 Å². The van der Waals surface area contributed by atoms with E-state index in [9.17, 15) is 0 Å². The number of ether oxygens (including phenoxy) is 1. The minimum atomic E-state index is 0.413. The number of hydrogen-bond acceptors (Lipinski definition) is 2. The van der Waals surface area contributed by atoms with Crippen LogP contribution in [0.3, 0.4) is 0 Å². The van der Waals surface area contributed by atoms with Crippen LogP contribution in [0.2, 0.25) is 0 Å². The Kier molecular flexibility index (Phi) is 2.66. The summed E-state index contributed by atoms with van der Waals surface area (Å²) < 4.78 is 5.74. The molecule has 2 nitrogen and oxygen atoms in total. The van der Waals surface area contributed by atoms with Crippen LogP contribution >= 0.6 is 0 Å². The minimum absolute atomic E-state index is 0.413. The molecule has 12 heavy (non-hydrogen) atoms. The first-order valence-corrected chi connectivity index (χ1v) is 5.22. The molecule has 0 heterocycles. The standard InChI is InChI=1S/C10H19NO/c11-9-3-4-10(7-9)12-6-5-8-1-2-8/h8-10H,1-7,11H2. The van der Waals surface area contributed by atoms with Crippen molar-refractivity contribution in [3.8, 4) is 0 Å². The summed E-state index contributed by atoms with van der Waals surface area (Å²) in [6, 6.07) is 0.413. The Balaban J connectivity index is 1.54. The summed E-state index contributed by atoms with van der Waals surface area (Å²) in [4.78, 5) is 0. The average molecular weight is 169 g/mol. The molecule has 0 aliphatic heterocycles. The second kappa shape index (κ2) is 3.75. The van der Waals surface area contributed by atoms with Gasteiger partial charge < -0.3 is 10.5 Å². The SMILES string of the molecule is NC1CCC(OCCC2CC2)C1. The number of rotatable bonds is 4. The van der Waals surface area contributed by atoms with Gasteiger partial charge in [-0.1, -0.05) is 12.8 Å². The number of nitrogens with two attached hydrogens (primary N) is 1. The van der Waals surface area contributed by atoms with Crippen molar-refractivity contribution >= 4 is 0 Å². The van der Waals surface area contributed by atoms with E-state index in [0.717, 1.165) is 25.4 Å². The Morgan fingerprint density at radius 3 is 2.58 bits per heavy atom. The highest BCUT2D eigenvalue weighted by molar-refractivity contribution is 4.79. The lowest BCUT2D eigenvalue weighted by molar-refractivity contribution is 0.0535. The zero-order valence-electron chi connectivity index (χ0n) is 7.67. The van der Waals surface area contributed by atoms with Crippen LogP contribution in [0.25, 0.3) is 0 Å². The van der Waals surface area contributed by atoms with Gasteiger partial charge in [0.25, 0.3) is 0 Å². The molecule has 70 valence electrons. The maximum Gasteiger partial charge on any atom is 0.0590 e. The summed E-state index contributed by atoms with van der Waals surface area (Å²) in [7, 11) is 0. The zero-order valence-corrected chi connectivity index (χ0v) is 7.67. The van der Waals surface area contributed by atoms with Gasteiger partial charge in [0, 0.05) is 12.6 Å². The third kappa shape index (κ3) is 2.46. The Bertz CT molecular complexity index is 145. The highest BCUT2D eigenvalue weighted by atomic mass is 16.5. The van der Waals surface area contributed by atoms with E-state index in [1.165, 1.54) is 25.7 Å². The summed E-state index contributed by atoms with van der Waals surface area (Å²) in [5, 5.41) is 0. The Labute approximate surface area is 74.5 Å². The molecule has 0 aromatic carbocycles. The second-order valence-electron chi connectivity index (χ2n) is 4.30. The fourth-order valence-electron chi connectivity index (χ4n) is 1.93. The molecule has 0 bridgehead atoms. The molecule has 0 aromatic heterocycles. The maximum atomic E-state index is 5.79. The first-order chi connectivity index (χ1) is 5.84. The second-order valence-corrected chi connectivity index (χ2v) is 4.30. The van der Waals surface area contributed by atoms with Crippen LogP contribution in [0.1, 0.15) is 38.5 Å². The van der Waals surface area contributed by atoms with Gasteiger partial charge in [0.2, 0.25) is 0 Å². The van der Waals surface area contributed by atoms with Gasteiger partial charge in [0.05, 0.1) is 6.10 Å². The van der Waals surface area contributed by atoms with Crippen molar-refractivity contribution in [1.29, 1.82) is 0 Å². The van der Waals surface area contributed by atoms with Crippen LogP contribution in [-0.2, 0) is 4.74 Å². The summed E-state index contributed by atoms with van der Waals surface area (Å²) in [5.74, 6) is 1.00. The van der Waals surface area contributed by atoms with Crippen LogP contribution in [0.5, 0.6) is 0 Å². The molecule has 0 radical (unpaired) electrons. The topological polar surface area (TPSA) is 35.2 Å². The molecule has 0 saturated heterocycles. The highest BCUT2D eigenvalue weighted by Crippen LogP contribution is 2.32. The molecule has 2 fully saturated rings. The molecule has 2 heteroatoms. The van der Waals surface area contributed by atoms with Gasteiger partial charge in [-0.15, -0.1) is 0 Å². The molecule has 0 aromatic rings. The van der Waals surface area contributed by atoms with Crippen molar-refractivity contribution in [3.63, 3.8) is 0 Å². The monoisotopic (exact) mass is 169 g/mol. The maximum absolute atomic E-state index is 5.79. The van der Waals surface area contributed by atoms with E-state index in [4.69, 9.17) is 10.5 Å². The third-order valence-electron chi connectivity index (χ3n) is 3.00. The third-order valence-corrected chi connectivity index (χ3v) is 3.00. The fraction of sp³-hybridized carbons (Fsp3) is 1.00. The van der Waals surface area contributed by atoms with E-state index in [0.29, 0.717) is 12.1 Å². The summed E-state index contributed by atoms with van der Waals surface area (Å²) >= 11 is 0. The summed E-state index contributed by atoms with van der Waals surface area (Å²) in [5.41, 5.74) is 5.79. The molecule has 2 N–H and O–H groups in total. The summed E-state index contributed by atoms with van der Waals surface area (Å²) in [6.45, 7) is 0.974. The van der Waals surface area contributed by atoms with Gasteiger partial charge >= 0.3 is 0 Å². The van der Waals surface area contributed by atoms with Crippen LogP contribution in [0.15, 0.2) is 0 Å². The van der Waals surface area contributed by atoms with Gasteiger partial charge in [0.15, 0.2) is 0 Å². The first kappa shape index (κ1) is 8.52. The minimum Gasteiger partial charge on any atom is -0.378 e. The van der Waals surface area contributed by atoms with E-state index >= 15 is 0 Å². The summed E-state index contributed by atoms with van der Waals surface area (Å²) in [6.07, 6.45) is 8.08. The molecule has 2 rings (SSSR count). The largest absolute Gasteiger partial charge is 0.378 e. The zero-order chi connectivity index (χ0) is 8.39.